The largest absolute Gasteiger partial charge is 0.488 e. The number of amidine groups is 1. The molecule has 3 rings (SSSR count). The van der Waals surface area contributed by atoms with E-state index in [2.05, 4.69) is 20.6 Å². The number of anilines is 1. The van der Waals surface area contributed by atoms with E-state index in [1.165, 1.54) is 12.3 Å². The lowest BCUT2D eigenvalue weighted by Gasteiger charge is -2.19. The minimum Gasteiger partial charge on any atom is -0.248 e. The molecule has 118 valence electrons. The van der Waals surface area contributed by atoms with Crippen LogP contribution in [0.15, 0.2) is 54.7 Å². The lowest BCUT2D eigenvalue weighted by atomic mass is 10.1. The summed E-state index contributed by atoms with van der Waals surface area (Å²) in [5.41, 5.74) is -2.50. The number of amides is 1. The van der Waals surface area contributed by atoms with Gasteiger partial charge in [0.1, 0.15) is 0 Å². The summed E-state index contributed by atoms with van der Waals surface area (Å²) in [6.07, 6.45) is -3.40. The number of H-pyrrole nitrogens is 1. The summed E-state index contributed by atoms with van der Waals surface area (Å²) in [7, 11) is 0. The Morgan fingerprint density at radius 3 is 2.35 bits per heavy atom. The number of halogens is 3. The first-order valence-corrected chi connectivity index (χ1v) is 6.76. The van der Waals surface area contributed by atoms with E-state index in [4.69, 9.17) is 0 Å². The topological polar surface area (TPSA) is 69.2 Å². The van der Waals surface area contributed by atoms with E-state index in [0.29, 0.717) is 5.56 Å². The number of pyridine rings is 1. The highest BCUT2D eigenvalue weighted by Crippen LogP contribution is 2.29. The Kier molecular flexibility index (Phi) is 3.51. The van der Waals surface area contributed by atoms with Gasteiger partial charge in [0.2, 0.25) is 0 Å². The number of carbonyl (C=O) groups excluding carboxylic acids is 1. The van der Waals surface area contributed by atoms with E-state index >= 15 is 0 Å². The van der Waals surface area contributed by atoms with Crippen molar-refractivity contribution in [3.05, 3.63) is 60.3 Å². The number of alkyl halides is 3. The smallest absolute Gasteiger partial charge is 0.248 e. The molecule has 8 heteroatoms. The van der Waals surface area contributed by atoms with Gasteiger partial charge >= 0.3 is 17.7 Å². The van der Waals surface area contributed by atoms with E-state index in [1.807, 2.05) is 0 Å². The first kappa shape index (κ1) is 15.0. The van der Waals surface area contributed by atoms with Gasteiger partial charge in [-0.05, 0) is 18.2 Å². The molecule has 1 aromatic carbocycles. The van der Waals surface area contributed by atoms with Crippen LogP contribution >= 0.6 is 0 Å². The maximum Gasteiger partial charge on any atom is 0.488 e. The molecule has 23 heavy (non-hydrogen) atoms. The van der Waals surface area contributed by atoms with Crippen LogP contribution in [0.5, 0.6) is 0 Å². The Morgan fingerprint density at radius 2 is 1.74 bits per heavy atom. The highest BCUT2D eigenvalue weighted by molar-refractivity contribution is 6.11. The third-order valence-electron chi connectivity index (χ3n) is 3.41. The average molecular weight is 322 g/mol. The summed E-state index contributed by atoms with van der Waals surface area (Å²) in [6.45, 7) is 0. The van der Waals surface area contributed by atoms with Crippen molar-refractivity contribution in [2.75, 3.05) is 5.32 Å². The minimum atomic E-state index is -4.86. The third kappa shape index (κ3) is 2.63. The molecule has 0 bridgehead atoms. The minimum absolute atomic E-state index is 0.00337. The summed E-state index contributed by atoms with van der Waals surface area (Å²) in [4.78, 5) is 17.0. The number of hydrogen-bond donors (Lipinski definition) is 3. The van der Waals surface area contributed by atoms with Gasteiger partial charge < -0.3 is 0 Å². The Labute approximate surface area is 129 Å². The van der Waals surface area contributed by atoms with Crippen molar-refractivity contribution in [1.82, 2.24) is 5.32 Å². The van der Waals surface area contributed by atoms with Crippen molar-refractivity contribution in [3.8, 4) is 0 Å². The highest BCUT2D eigenvalue weighted by Gasteiger charge is 2.73. The van der Waals surface area contributed by atoms with E-state index in [-0.39, 0.29) is 11.7 Å². The summed E-state index contributed by atoms with van der Waals surface area (Å²) in [5, 5.41) is 4.48. The van der Waals surface area contributed by atoms with E-state index in [0.717, 1.165) is 0 Å². The molecule has 2 heterocycles. The zero-order chi connectivity index (χ0) is 16.5. The molecule has 1 atom stereocenters. The van der Waals surface area contributed by atoms with Gasteiger partial charge in [-0.3, -0.25) is 0 Å². The quantitative estimate of drug-likeness (QED) is 0.734. The second kappa shape index (κ2) is 5.38. The molecule has 1 aromatic heterocycles. The Balaban J connectivity index is 2.06. The molecule has 1 amide bonds. The van der Waals surface area contributed by atoms with Crippen molar-refractivity contribution in [1.29, 1.82) is 0 Å². The summed E-state index contributed by atoms with van der Waals surface area (Å²) >= 11 is 0. The van der Waals surface area contributed by atoms with E-state index < -0.39 is 17.7 Å². The van der Waals surface area contributed by atoms with Gasteiger partial charge in [0, 0.05) is 6.07 Å². The molecule has 0 saturated heterocycles. The Morgan fingerprint density at radius 1 is 1.04 bits per heavy atom. The molecule has 4 N–H and O–H groups in total. The lowest BCUT2D eigenvalue weighted by molar-refractivity contribution is -0.568. The number of benzene rings is 1. The number of carbonyl (C=O) groups is 1. The van der Waals surface area contributed by atoms with Gasteiger partial charge in [0.05, 0.1) is 11.8 Å². The summed E-state index contributed by atoms with van der Waals surface area (Å²) < 4.78 is 40.9. The van der Waals surface area contributed by atoms with Crippen molar-refractivity contribution in [3.63, 3.8) is 0 Å². The predicted molar refractivity (Wildman–Crippen MR) is 75.1 cm³/mol. The van der Waals surface area contributed by atoms with Crippen LogP contribution in [-0.2, 0) is 4.79 Å². The second-order valence-corrected chi connectivity index (χ2v) is 4.97. The molecule has 0 fully saturated rings. The zero-order valence-electron chi connectivity index (χ0n) is 11.7. The normalized spacial score (nSPS) is 20.8. The molecule has 0 radical (unpaired) electrons. The fourth-order valence-corrected chi connectivity index (χ4v) is 2.26. The predicted octanol–water partition coefficient (Wildman–Crippen LogP) is -0.172. The first-order valence-electron chi connectivity index (χ1n) is 6.76. The van der Waals surface area contributed by atoms with Crippen LogP contribution in [0.3, 0.4) is 0 Å². The molecule has 1 aliphatic heterocycles. The fraction of sp³-hybridized carbons (Fsp3) is 0.133. The van der Waals surface area contributed by atoms with E-state index in [1.54, 1.807) is 42.5 Å². The second-order valence-electron chi connectivity index (χ2n) is 4.97. The fourth-order valence-electron chi connectivity index (χ4n) is 2.26. The number of nitrogens with one attached hydrogen (secondary N) is 4. The Bertz CT molecular complexity index is 746. The third-order valence-corrected chi connectivity index (χ3v) is 3.41. The van der Waals surface area contributed by atoms with Crippen molar-refractivity contribution in [2.24, 2.45) is 0 Å². The molecular weight excluding hydrogens is 309 g/mol. The van der Waals surface area contributed by atoms with Gasteiger partial charge in [-0.15, -0.1) is 0 Å². The number of aromatic amines is 1. The van der Waals surface area contributed by atoms with Crippen molar-refractivity contribution < 1.29 is 27.9 Å². The maximum atomic E-state index is 13.6. The van der Waals surface area contributed by atoms with Crippen LogP contribution in [0.25, 0.3) is 0 Å². The summed E-state index contributed by atoms with van der Waals surface area (Å²) in [6, 6.07) is 12.8. The molecule has 0 saturated carbocycles. The van der Waals surface area contributed by atoms with Crippen molar-refractivity contribution in [2.45, 2.75) is 11.8 Å². The monoisotopic (exact) mass is 322 g/mol. The standard InChI is InChI=1S/C15H11F3N4O/c16-15(17,18)14(21-11-8-4-5-9-19-11)13(23)20-12(22-14)10-6-2-1-3-7-10/h1-9H,(H,19,21)(H,20,22,23)/p+2/t14-/m0/s1. The van der Waals surface area contributed by atoms with Crippen LogP contribution in [0.4, 0.5) is 19.0 Å². The van der Waals surface area contributed by atoms with Gasteiger partial charge in [0.15, 0.2) is 0 Å². The zero-order valence-corrected chi connectivity index (χ0v) is 11.7. The maximum absolute atomic E-state index is 13.6. The number of hydrogen-bond acceptors (Lipinski definition) is 2. The molecule has 0 unspecified atom stereocenters. The van der Waals surface area contributed by atoms with Gasteiger partial charge in [0.25, 0.3) is 11.7 Å². The van der Waals surface area contributed by atoms with Crippen LogP contribution < -0.4 is 20.6 Å². The molecule has 0 aliphatic carbocycles. The summed E-state index contributed by atoms with van der Waals surface area (Å²) in [5.74, 6) is -1.17. The van der Waals surface area contributed by atoms with Gasteiger partial charge in [-0.25, -0.2) is 25.4 Å². The number of rotatable bonds is 3. The van der Waals surface area contributed by atoms with Crippen LogP contribution in [0.2, 0.25) is 0 Å². The number of aromatic nitrogens is 1. The molecule has 5 nitrogen and oxygen atoms in total. The van der Waals surface area contributed by atoms with Crippen LogP contribution in [0, 0.1) is 0 Å². The van der Waals surface area contributed by atoms with Crippen LogP contribution in [-0.4, -0.2) is 23.6 Å². The SMILES string of the molecule is O=C1NC(c2ccccc2)=[NH+][C@]1(Nc1cccc[nH+]1)C(F)(F)F. The molecular formula is C15H13F3N4O+2. The molecule has 2 aromatic rings. The first-order chi connectivity index (χ1) is 10.9. The lowest BCUT2D eigenvalue weighted by Crippen LogP contribution is -2.94. The van der Waals surface area contributed by atoms with Gasteiger partial charge in [-0.1, -0.05) is 24.3 Å². The average Bonchev–Trinajstić information content (AvgIpc) is 2.87. The molecule has 0 spiro atoms. The highest BCUT2D eigenvalue weighted by atomic mass is 19.4. The molecule has 1 aliphatic rings. The van der Waals surface area contributed by atoms with Gasteiger partial charge in [-0.2, -0.15) is 13.2 Å². The Hall–Kier alpha value is -2.90. The van der Waals surface area contributed by atoms with Crippen molar-refractivity contribution >= 4 is 17.6 Å². The van der Waals surface area contributed by atoms with Crippen LogP contribution in [0.1, 0.15) is 5.56 Å². The van der Waals surface area contributed by atoms with E-state index in [9.17, 15) is 18.0 Å².